The molecule has 2 nitrogen and oxygen atoms in total. The lowest BCUT2D eigenvalue weighted by atomic mass is 10.2. The van der Waals surface area contributed by atoms with Gasteiger partial charge in [0.15, 0.2) is 0 Å². The zero-order valence-electron chi connectivity index (χ0n) is 7.18. The van der Waals surface area contributed by atoms with Crippen molar-refractivity contribution >= 4 is 5.91 Å². The molecule has 0 fully saturated rings. The van der Waals surface area contributed by atoms with Crippen LogP contribution in [0, 0.1) is 12.3 Å². The second-order valence-corrected chi connectivity index (χ2v) is 2.45. The molecule has 1 amide bonds. The van der Waals surface area contributed by atoms with Gasteiger partial charge in [-0.2, -0.15) is 0 Å². The average molecular weight is 153 g/mol. The van der Waals surface area contributed by atoms with E-state index in [-0.39, 0.29) is 11.9 Å². The first-order valence-electron chi connectivity index (χ1n) is 4.00. The molecule has 0 aliphatic rings. The Balaban J connectivity index is 3.65. The van der Waals surface area contributed by atoms with Gasteiger partial charge < -0.3 is 5.32 Å². The van der Waals surface area contributed by atoms with Crippen LogP contribution < -0.4 is 5.32 Å². The van der Waals surface area contributed by atoms with Gasteiger partial charge in [-0.25, -0.2) is 0 Å². The van der Waals surface area contributed by atoms with Crippen LogP contribution in [0.1, 0.15) is 33.1 Å². The Morgan fingerprint density at radius 1 is 1.64 bits per heavy atom. The molecule has 1 unspecified atom stereocenters. The smallest absolute Gasteiger partial charge is 0.220 e. The van der Waals surface area contributed by atoms with E-state index in [1.165, 1.54) is 0 Å². The van der Waals surface area contributed by atoms with Crippen LogP contribution in [0.4, 0.5) is 0 Å². The molecule has 2 heteroatoms. The summed E-state index contributed by atoms with van der Waals surface area (Å²) in [5.74, 6) is 2.56. The van der Waals surface area contributed by atoms with Crippen LogP contribution >= 0.6 is 0 Å². The average Bonchev–Trinajstić information content (AvgIpc) is 2.01. The minimum absolute atomic E-state index is 0.0531. The summed E-state index contributed by atoms with van der Waals surface area (Å²) in [7, 11) is 0. The van der Waals surface area contributed by atoms with Gasteiger partial charge in [0, 0.05) is 6.42 Å². The van der Waals surface area contributed by atoms with E-state index in [9.17, 15) is 4.79 Å². The van der Waals surface area contributed by atoms with Crippen molar-refractivity contribution in [1.82, 2.24) is 5.32 Å². The first-order valence-corrected chi connectivity index (χ1v) is 4.00. The Morgan fingerprint density at radius 3 is 2.64 bits per heavy atom. The number of nitrogens with one attached hydrogen (secondary N) is 1. The summed E-state index contributed by atoms with van der Waals surface area (Å²) in [6, 6.07) is -0.0888. The number of hydrogen-bond donors (Lipinski definition) is 1. The van der Waals surface area contributed by atoms with Gasteiger partial charge in [-0.05, 0) is 12.8 Å². The van der Waals surface area contributed by atoms with Gasteiger partial charge in [-0.15, -0.1) is 6.42 Å². The highest BCUT2D eigenvalue weighted by atomic mass is 16.1. The minimum atomic E-state index is -0.0888. The number of amides is 1. The highest BCUT2D eigenvalue weighted by Gasteiger charge is 2.04. The molecule has 0 heterocycles. The second-order valence-electron chi connectivity index (χ2n) is 2.45. The fourth-order valence-electron chi connectivity index (χ4n) is 0.755. The van der Waals surface area contributed by atoms with E-state index in [4.69, 9.17) is 6.42 Å². The van der Waals surface area contributed by atoms with Crippen LogP contribution in [0.15, 0.2) is 0 Å². The van der Waals surface area contributed by atoms with E-state index >= 15 is 0 Å². The number of carbonyl (C=O) groups is 1. The highest BCUT2D eigenvalue weighted by Crippen LogP contribution is 1.91. The fraction of sp³-hybridized carbons (Fsp3) is 0.667. The molecule has 0 saturated carbocycles. The minimum Gasteiger partial charge on any atom is -0.342 e. The molecule has 0 spiro atoms. The summed E-state index contributed by atoms with van der Waals surface area (Å²) in [6.45, 7) is 3.92. The normalized spacial score (nSPS) is 11.7. The van der Waals surface area contributed by atoms with Gasteiger partial charge in [-0.3, -0.25) is 4.79 Å². The summed E-state index contributed by atoms with van der Waals surface area (Å²) in [5, 5.41) is 2.74. The van der Waals surface area contributed by atoms with Crippen molar-refractivity contribution in [3.8, 4) is 12.3 Å². The topological polar surface area (TPSA) is 29.1 Å². The number of carbonyl (C=O) groups excluding carboxylic acids is 1. The lowest BCUT2D eigenvalue weighted by molar-refractivity contribution is -0.121. The van der Waals surface area contributed by atoms with Crippen molar-refractivity contribution in [2.24, 2.45) is 0 Å². The molecule has 62 valence electrons. The van der Waals surface area contributed by atoms with Crippen LogP contribution in [0.5, 0.6) is 0 Å². The second kappa shape index (κ2) is 5.79. The number of hydrogen-bond acceptors (Lipinski definition) is 1. The summed E-state index contributed by atoms with van der Waals surface area (Å²) in [5.41, 5.74) is 0. The lowest BCUT2D eigenvalue weighted by Gasteiger charge is -2.09. The van der Waals surface area contributed by atoms with Gasteiger partial charge in [-0.1, -0.05) is 19.8 Å². The predicted molar refractivity (Wildman–Crippen MR) is 46.0 cm³/mol. The summed E-state index contributed by atoms with van der Waals surface area (Å²) in [6.07, 6.45) is 7.40. The quantitative estimate of drug-likeness (QED) is 0.606. The highest BCUT2D eigenvalue weighted by molar-refractivity contribution is 5.76. The van der Waals surface area contributed by atoms with Crippen LogP contribution in [-0.2, 0) is 4.79 Å². The Morgan fingerprint density at radius 2 is 2.27 bits per heavy atom. The molecule has 0 saturated heterocycles. The van der Waals surface area contributed by atoms with Crippen LogP contribution in [-0.4, -0.2) is 11.9 Å². The van der Waals surface area contributed by atoms with Crippen LogP contribution in [0.25, 0.3) is 0 Å². The zero-order chi connectivity index (χ0) is 8.69. The van der Waals surface area contributed by atoms with Crippen LogP contribution in [0.2, 0.25) is 0 Å². The molecule has 0 aromatic carbocycles. The van der Waals surface area contributed by atoms with Crippen molar-refractivity contribution in [3.05, 3.63) is 0 Å². The maximum Gasteiger partial charge on any atom is 0.220 e. The van der Waals surface area contributed by atoms with E-state index in [1.54, 1.807) is 0 Å². The van der Waals surface area contributed by atoms with Gasteiger partial charge in [0.2, 0.25) is 5.91 Å². The molecule has 1 atom stereocenters. The first kappa shape index (κ1) is 10.0. The van der Waals surface area contributed by atoms with Gasteiger partial charge in [0.05, 0.1) is 6.04 Å². The molecule has 11 heavy (non-hydrogen) atoms. The molecule has 0 aliphatic heterocycles. The van der Waals surface area contributed by atoms with Crippen molar-refractivity contribution in [2.45, 2.75) is 39.2 Å². The molecular weight excluding hydrogens is 138 g/mol. The third kappa shape index (κ3) is 4.44. The summed E-state index contributed by atoms with van der Waals surface area (Å²) in [4.78, 5) is 11.0. The molecule has 0 aromatic rings. The Hall–Kier alpha value is -0.970. The molecule has 0 bridgehead atoms. The Kier molecular flexibility index (Phi) is 5.28. The van der Waals surface area contributed by atoms with Gasteiger partial charge in [0.25, 0.3) is 0 Å². The maximum absolute atomic E-state index is 11.0. The van der Waals surface area contributed by atoms with E-state index in [0.717, 1.165) is 12.8 Å². The predicted octanol–water partition coefficient (Wildman–Crippen LogP) is 1.31. The molecule has 0 radical (unpaired) electrons. The first-order chi connectivity index (χ1) is 5.24. The zero-order valence-corrected chi connectivity index (χ0v) is 7.18. The Labute approximate surface area is 68.4 Å². The largest absolute Gasteiger partial charge is 0.342 e. The van der Waals surface area contributed by atoms with E-state index in [0.29, 0.717) is 6.42 Å². The lowest BCUT2D eigenvalue weighted by Crippen LogP contribution is -2.32. The van der Waals surface area contributed by atoms with Crippen molar-refractivity contribution in [1.29, 1.82) is 0 Å². The standard InChI is InChI=1S/C9H15NO/c1-4-7-9(11)10-8(5-2)6-3/h2,8H,4,6-7H2,1,3H3,(H,10,11). The molecule has 0 aliphatic carbocycles. The molecule has 0 rings (SSSR count). The van der Waals surface area contributed by atoms with Crippen molar-refractivity contribution in [3.63, 3.8) is 0 Å². The van der Waals surface area contributed by atoms with Gasteiger partial charge in [0.1, 0.15) is 0 Å². The number of rotatable bonds is 4. The third-order valence-electron chi connectivity index (χ3n) is 1.42. The van der Waals surface area contributed by atoms with Crippen LogP contribution in [0.3, 0.4) is 0 Å². The maximum atomic E-state index is 11.0. The monoisotopic (exact) mass is 153 g/mol. The molecule has 1 N–H and O–H groups in total. The third-order valence-corrected chi connectivity index (χ3v) is 1.42. The number of terminal acetylenes is 1. The van der Waals surface area contributed by atoms with Gasteiger partial charge >= 0.3 is 0 Å². The van der Waals surface area contributed by atoms with Crippen molar-refractivity contribution in [2.75, 3.05) is 0 Å². The fourth-order valence-corrected chi connectivity index (χ4v) is 0.755. The van der Waals surface area contributed by atoms with E-state index in [1.807, 2.05) is 13.8 Å². The SMILES string of the molecule is C#CC(CC)NC(=O)CCC. The summed E-state index contributed by atoms with van der Waals surface area (Å²) >= 11 is 0. The van der Waals surface area contributed by atoms with E-state index < -0.39 is 0 Å². The molecule has 0 aromatic heterocycles. The van der Waals surface area contributed by atoms with Crippen molar-refractivity contribution < 1.29 is 4.79 Å². The van der Waals surface area contributed by atoms with E-state index in [2.05, 4.69) is 11.2 Å². The summed E-state index contributed by atoms with van der Waals surface area (Å²) < 4.78 is 0. The Bertz CT molecular complexity index is 157. The molecular formula is C9H15NO.